The second kappa shape index (κ2) is 1.60. The number of hydrogen-bond acceptors (Lipinski definition) is 5. The molecule has 0 amide bonds. The lowest BCUT2D eigenvalue weighted by atomic mass is 10.8. The first kappa shape index (κ1) is 5.48. The SMILES string of the molecule is Nc1nn2cnc(N)c2s1. The van der Waals surface area contributed by atoms with Gasteiger partial charge in [0.25, 0.3) is 0 Å². The van der Waals surface area contributed by atoms with Gasteiger partial charge in [-0.2, -0.15) is 0 Å². The van der Waals surface area contributed by atoms with Gasteiger partial charge in [0.05, 0.1) is 0 Å². The van der Waals surface area contributed by atoms with E-state index in [9.17, 15) is 0 Å². The molecule has 0 bridgehead atoms. The van der Waals surface area contributed by atoms with E-state index in [0.717, 1.165) is 4.83 Å². The fourth-order valence-electron chi connectivity index (χ4n) is 0.738. The highest BCUT2D eigenvalue weighted by atomic mass is 32.1. The maximum Gasteiger partial charge on any atom is 0.201 e. The number of aromatic nitrogens is 3. The normalized spacial score (nSPS) is 10.8. The zero-order chi connectivity index (χ0) is 7.14. The fourth-order valence-corrected chi connectivity index (χ4v) is 1.40. The van der Waals surface area contributed by atoms with Crippen LogP contribution in [-0.2, 0) is 0 Å². The zero-order valence-corrected chi connectivity index (χ0v) is 5.80. The van der Waals surface area contributed by atoms with Gasteiger partial charge in [0.15, 0.2) is 10.6 Å². The Bertz CT molecular complexity index is 360. The Morgan fingerprint density at radius 2 is 2.30 bits per heavy atom. The largest absolute Gasteiger partial charge is 0.381 e. The Hall–Kier alpha value is -1.30. The molecule has 2 aromatic rings. The van der Waals surface area contributed by atoms with Crippen molar-refractivity contribution in [3.05, 3.63) is 6.33 Å². The molecule has 10 heavy (non-hydrogen) atoms. The van der Waals surface area contributed by atoms with Gasteiger partial charge in [0.2, 0.25) is 5.13 Å². The monoisotopic (exact) mass is 155 g/mol. The molecule has 5 nitrogen and oxygen atoms in total. The molecule has 0 unspecified atom stereocenters. The molecule has 52 valence electrons. The first-order valence-electron chi connectivity index (χ1n) is 2.62. The lowest BCUT2D eigenvalue weighted by Gasteiger charge is -1.75. The average molecular weight is 155 g/mol. The number of anilines is 2. The standard InChI is InChI=1S/C4H5N5S/c5-2-3-9(1-7-2)8-4(6)10-3/h1H,5H2,(H2,6,8). The van der Waals surface area contributed by atoms with E-state index in [4.69, 9.17) is 11.5 Å². The molecule has 0 spiro atoms. The number of rotatable bonds is 0. The van der Waals surface area contributed by atoms with Crippen LogP contribution in [0.4, 0.5) is 10.9 Å². The van der Waals surface area contributed by atoms with E-state index in [-0.39, 0.29) is 0 Å². The number of nitrogens with zero attached hydrogens (tertiary/aromatic N) is 3. The van der Waals surface area contributed by atoms with Gasteiger partial charge in [-0.05, 0) is 0 Å². The van der Waals surface area contributed by atoms with Crippen LogP contribution >= 0.6 is 11.3 Å². The Morgan fingerprint density at radius 3 is 3.00 bits per heavy atom. The van der Waals surface area contributed by atoms with E-state index in [0.29, 0.717) is 10.9 Å². The first-order valence-corrected chi connectivity index (χ1v) is 3.44. The predicted molar refractivity (Wildman–Crippen MR) is 39.7 cm³/mol. The molecule has 0 aliphatic heterocycles. The molecule has 0 radical (unpaired) electrons. The molecule has 2 heterocycles. The van der Waals surface area contributed by atoms with Crippen molar-refractivity contribution in [3.8, 4) is 0 Å². The van der Waals surface area contributed by atoms with E-state index in [1.165, 1.54) is 17.7 Å². The van der Waals surface area contributed by atoms with E-state index in [1.807, 2.05) is 0 Å². The Balaban J connectivity index is 2.90. The summed E-state index contributed by atoms with van der Waals surface area (Å²) in [5, 5.41) is 4.41. The molecule has 4 N–H and O–H groups in total. The van der Waals surface area contributed by atoms with Crippen molar-refractivity contribution in [2.75, 3.05) is 11.5 Å². The number of nitrogen functional groups attached to an aromatic ring is 2. The molecule has 0 saturated heterocycles. The zero-order valence-electron chi connectivity index (χ0n) is 4.98. The molecular formula is C4H5N5S. The quantitative estimate of drug-likeness (QED) is 0.559. The predicted octanol–water partition coefficient (Wildman–Crippen LogP) is -0.0448. The minimum Gasteiger partial charge on any atom is -0.381 e. The van der Waals surface area contributed by atoms with Crippen LogP contribution in [-0.4, -0.2) is 14.6 Å². The highest BCUT2D eigenvalue weighted by molar-refractivity contribution is 7.21. The highest BCUT2D eigenvalue weighted by Crippen LogP contribution is 2.20. The smallest absolute Gasteiger partial charge is 0.201 e. The van der Waals surface area contributed by atoms with Gasteiger partial charge in [-0.1, -0.05) is 11.3 Å². The molecule has 6 heteroatoms. The lowest BCUT2D eigenvalue weighted by molar-refractivity contribution is 0.964. The van der Waals surface area contributed by atoms with Crippen LogP contribution in [0, 0.1) is 0 Å². The van der Waals surface area contributed by atoms with Gasteiger partial charge in [-0.3, -0.25) is 0 Å². The number of fused-ring (bicyclic) bond motifs is 1. The summed E-state index contributed by atoms with van der Waals surface area (Å²) < 4.78 is 1.56. The molecule has 2 rings (SSSR count). The maximum atomic E-state index is 5.47. The van der Waals surface area contributed by atoms with Crippen LogP contribution in [0.2, 0.25) is 0 Å². The van der Waals surface area contributed by atoms with Crippen LogP contribution in [0.1, 0.15) is 0 Å². The third kappa shape index (κ3) is 0.561. The van der Waals surface area contributed by atoms with Gasteiger partial charge in [-0.15, -0.1) is 5.10 Å². The third-order valence-electron chi connectivity index (χ3n) is 1.14. The van der Waals surface area contributed by atoms with Crippen LogP contribution in [0.15, 0.2) is 6.33 Å². The van der Waals surface area contributed by atoms with E-state index in [1.54, 1.807) is 4.52 Å². The summed E-state index contributed by atoms with van der Waals surface area (Å²) in [7, 11) is 0. The second-order valence-corrected chi connectivity index (χ2v) is 2.83. The van der Waals surface area contributed by atoms with Crippen LogP contribution < -0.4 is 11.5 Å². The summed E-state index contributed by atoms with van der Waals surface area (Å²) in [5.74, 6) is 0.481. The van der Waals surface area contributed by atoms with Crippen molar-refractivity contribution in [1.29, 1.82) is 0 Å². The molecule has 2 aromatic heterocycles. The fraction of sp³-hybridized carbons (Fsp3) is 0. The van der Waals surface area contributed by atoms with Crippen molar-refractivity contribution in [1.82, 2.24) is 14.6 Å². The van der Waals surface area contributed by atoms with Crippen LogP contribution in [0.25, 0.3) is 4.83 Å². The van der Waals surface area contributed by atoms with Crippen LogP contribution in [0.5, 0.6) is 0 Å². The minimum atomic E-state index is 0.481. The number of imidazole rings is 1. The van der Waals surface area contributed by atoms with Crippen molar-refractivity contribution in [2.24, 2.45) is 0 Å². The first-order chi connectivity index (χ1) is 4.77. The average Bonchev–Trinajstić information content (AvgIpc) is 2.35. The van der Waals surface area contributed by atoms with E-state index >= 15 is 0 Å². The van der Waals surface area contributed by atoms with Gasteiger partial charge >= 0.3 is 0 Å². The molecule has 0 aliphatic carbocycles. The molecular weight excluding hydrogens is 150 g/mol. The van der Waals surface area contributed by atoms with Crippen molar-refractivity contribution >= 4 is 27.1 Å². The highest BCUT2D eigenvalue weighted by Gasteiger charge is 2.03. The topological polar surface area (TPSA) is 82.2 Å². The number of hydrogen-bond donors (Lipinski definition) is 2. The Labute approximate surface area is 60.3 Å². The summed E-state index contributed by atoms with van der Waals surface area (Å²) in [6.07, 6.45) is 1.54. The van der Waals surface area contributed by atoms with Gasteiger partial charge in [0, 0.05) is 0 Å². The van der Waals surface area contributed by atoms with Crippen molar-refractivity contribution in [3.63, 3.8) is 0 Å². The summed E-state index contributed by atoms with van der Waals surface area (Å²) in [4.78, 5) is 4.63. The summed E-state index contributed by atoms with van der Waals surface area (Å²) in [6.45, 7) is 0. The molecule has 0 aliphatic rings. The number of nitrogens with two attached hydrogens (primary N) is 2. The summed E-state index contributed by atoms with van der Waals surface area (Å²) in [6, 6.07) is 0. The minimum absolute atomic E-state index is 0.481. The lowest BCUT2D eigenvalue weighted by Crippen LogP contribution is -1.85. The van der Waals surface area contributed by atoms with Gasteiger partial charge < -0.3 is 11.5 Å². The molecule has 0 atom stereocenters. The molecule has 0 fully saturated rings. The van der Waals surface area contributed by atoms with Crippen LogP contribution in [0.3, 0.4) is 0 Å². The Kier molecular flexibility index (Phi) is 0.877. The maximum absolute atomic E-state index is 5.47. The van der Waals surface area contributed by atoms with E-state index in [2.05, 4.69) is 10.1 Å². The molecule has 0 saturated carbocycles. The van der Waals surface area contributed by atoms with Crippen molar-refractivity contribution in [2.45, 2.75) is 0 Å². The van der Waals surface area contributed by atoms with Crippen molar-refractivity contribution < 1.29 is 0 Å². The van der Waals surface area contributed by atoms with Gasteiger partial charge in [0.1, 0.15) is 6.33 Å². The Morgan fingerprint density at radius 1 is 1.50 bits per heavy atom. The third-order valence-corrected chi connectivity index (χ3v) is 2.02. The summed E-state index contributed by atoms with van der Waals surface area (Å²) in [5.41, 5.74) is 10.9. The van der Waals surface area contributed by atoms with E-state index < -0.39 is 0 Å². The summed E-state index contributed by atoms with van der Waals surface area (Å²) >= 11 is 1.33. The van der Waals surface area contributed by atoms with Gasteiger partial charge in [-0.25, -0.2) is 9.50 Å². The molecule has 0 aromatic carbocycles. The second-order valence-electron chi connectivity index (χ2n) is 1.82.